The lowest BCUT2D eigenvalue weighted by atomic mass is 10.1. The highest BCUT2D eigenvalue weighted by Crippen LogP contribution is 2.24. The molecule has 2 saturated heterocycles. The van der Waals surface area contributed by atoms with Crippen molar-refractivity contribution in [2.24, 2.45) is 4.99 Å². The van der Waals surface area contributed by atoms with E-state index in [1.807, 2.05) is 37.3 Å². The van der Waals surface area contributed by atoms with Crippen molar-refractivity contribution in [1.82, 2.24) is 15.1 Å². The van der Waals surface area contributed by atoms with Crippen molar-refractivity contribution in [2.45, 2.75) is 25.6 Å². The third-order valence-electron chi connectivity index (χ3n) is 5.71. The van der Waals surface area contributed by atoms with Crippen LogP contribution in [0.15, 0.2) is 65.7 Å². The zero-order valence-corrected chi connectivity index (χ0v) is 18.0. The van der Waals surface area contributed by atoms with Gasteiger partial charge in [-0.1, -0.05) is 48.5 Å². The van der Waals surface area contributed by atoms with Gasteiger partial charge in [-0.05, 0) is 24.6 Å². The number of nitrogens with zero attached hydrogens (tertiary/aromatic N) is 3. The lowest BCUT2D eigenvalue weighted by Gasteiger charge is -2.36. The third-order valence-corrected chi connectivity index (χ3v) is 5.71. The molecule has 2 aromatic carbocycles. The lowest BCUT2D eigenvalue weighted by molar-refractivity contribution is -0.114. The number of ether oxygens (including phenoxy) is 1. The minimum atomic E-state index is -0.125. The summed E-state index contributed by atoms with van der Waals surface area (Å²) in [6.07, 6.45) is 0.152. The highest BCUT2D eigenvalue weighted by Gasteiger charge is 2.41. The fraction of sp³-hybridized carbons (Fsp3) is 0.417. The van der Waals surface area contributed by atoms with Crippen LogP contribution in [0.2, 0.25) is 0 Å². The number of carbonyl (C=O) groups is 1. The fourth-order valence-electron chi connectivity index (χ4n) is 4.24. The molecule has 2 atom stereocenters. The van der Waals surface area contributed by atoms with E-state index in [1.54, 1.807) is 0 Å². The van der Waals surface area contributed by atoms with Crippen LogP contribution in [0.5, 0.6) is 0 Å². The van der Waals surface area contributed by atoms with Gasteiger partial charge in [-0.15, -0.1) is 0 Å². The van der Waals surface area contributed by atoms with Crippen molar-refractivity contribution < 1.29 is 9.53 Å². The largest absolute Gasteiger partial charge is 0.373 e. The molecule has 31 heavy (non-hydrogen) atoms. The number of carbonyl (C=O) groups excluding carboxylic acids is 1. The standard InChI is InChI=1S/C24H31N5O2/c1-2-25-24(26-15-23(30)27-20-11-7-4-8-12-20)29-17-21-22(18-29)31-14-13-28(21)16-19-9-5-3-6-10-19/h3-12,21-22H,2,13-18H2,1H3,(H,25,26)(H,27,30). The van der Waals surface area contributed by atoms with Crippen LogP contribution >= 0.6 is 0 Å². The zero-order chi connectivity index (χ0) is 21.5. The lowest BCUT2D eigenvalue weighted by Crippen LogP contribution is -2.50. The minimum absolute atomic E-state index is 0.0810. The van der Waals surface area contributed by atoms with Gasteiger partial charge in [0.15, 0.2) is 5.96 Å². The molecule has 0 bridgehead atoms. The van der Waals surface area contributed by atoms with Gasteiger partial charge in [0.05, 0.1) is 18.8 Å². The molecule has 4 rings (SSSR count). The normalized spacial score (nSPS) is 21.6. The van der Waals surface area contributed by atoms with E-state index in [9.17, 15) is 4.79 Å². The Hall–Kier alpha value is -2.90. The summed E-state index contributed by atoms with van der Waals surface area (Å²) in [6, 6.07) is 20.4. The second-order valence-corrected chi connectivity index (χ2v) is 7.92. The number of nitrogens with one attached hydrogen (secondary N) is 2. The fourth-order valence-corrected chi connectivity index (χ4v) is 4.24. The molecule has 0 radical (unpaired) electrons. The molecule has 0 aromatic heterocycles. The first-order valence-electron chi connectivity index (χ1n) is 11.0. The summed E-state index contributed by atoms with van der Waals surface area (Å²) in [6.45, 7) is 7.09. The number of guanidine groups is 1. The molecule has 2 aliphatic heterocycles. The zero-order valence-electron chi connectivity index (χ0n) is 18.0. The number of amides is 1. The van der Waals surface area contributed by atoms with Crippen molar-refractivity contribution in [3.8, 4) is 0 Å². The minimum Gasteiger partial charge on any atom is -0.373 e. The molecule has 0 saturated carbocycles. The number of likely N-dealkylation sites (tertiary alicyclic amines) is 1. The highest BCUT2D eigenvalue weighted by molar-refractivity contribution is 5.94. The Morgan fingerprint density at radius 2 is 1.84 bits per heavy atom. The smallest absolute Gasteiger partial charge is 0.246 e. The summed E-state index contributed by atoms with van der Waals surface area (Å²) in [5, 5.41) is 6.23. The number of fused-ring (bicyclic) bond motifs is 1. The first kappa shape index (κ1) is 21.3. The maximum absolute atomic E-state index is 12.3. The van der Waals surface area contributed by atoms with E-state index in [4.69, 9.17) is 4.74 Å². The van der Waals surface area contributed by atoms with Gasteiger partial charge in [-0.2, -0.15) is 0 Å². The summed E-state index contributed by atoms with van der Waals surface area (Å²) in [7, 11) is 0. The Bertz CT molecular complexity index is 874. The molecule has 164 valence electrons. The predicted octanol–water partition coefficient (Wildman–Crippen LogP) is 2.18. The molecule has 1 amide bonds. The van der Waals surface area contributed by atoms with Crippen molar-refractivity contribution in [3.63, 3.8) is 0 Å². The number of hydrogen-bond donors (Lipinski definition) is 2. The summed E-state index contributed by atoms with van der Waals surface area (Å²) >= 11 is 0. The first-order valence-corrected chi connectivity index (χ1v) is 11.0. The van der Waals surface area contributed by atoms with Crippen LogP contribution < -0.4 is 10.6 Å². The third kappa shape index (κ3) is 5.62. The summed E-state index contributed by atoms with van der Waals surface area (Å²) in [5.41, 5.74) is 2.10. The Morgan fingerprint density at radius 3 is 2.58 bits per heavy atom. The van der Waals surface area contributed by atoms with Crippen molar-refractivity contribution in [1.29, 1.82) is 0 Å². The maximum atomic E-state index is 12.3. The first-order chi connectivity index (χ1) is 15.2. The van der Waals surface area contributed by atoms with Crippen LogP contribution in [0.1, 0.15) is 12.5 Å². The average molecular weight is 422 g/mol. The molecule has 2 heterocycles. The number of aliphatic imine (C=N–C) groups is 1. The van der Waals surface area contributed by atoms with Crippen LogP contribution in [0.4, 0.5) is 5.69 Å². The molecule has 2 fully saturated rings. The van der Waals surface area contributed by atoms with Crippen LogP contribution in [0.25, 0.3) is 0 Å². The van der Waals surface area contributed by atoms with E-state index in [0.29, 0.717) is 6.04 Å². The van der Waals surface area contributed by atoms with Crippen molar-refractivity contribution in [2.75, 3.05) is 44.6 Å². The van der Waals surface area contributed by atoms with Crippen LogP contribution in [0, 0.1) is 0 Å². The molecule has 7 heteroatoms. The Balaban J connectivity index is 1.39. The summed E-state index contributed by atoms with van der Waals surface area (Å²) in [4.78, 5) is 21.7. The Labute approximate surface area is 184 Å². The molecular weight excluding hydrogens is 390 g/mol. The molecule has 2 N–H and O–H groups in total. The van der Waals surface area contributed by atoms with E-state index in [-0.39, 0.29) is 18.6 Å². The van der Waals surface area contributed by atoms with E-state index in [2.05, 4.69) is 55.8 Å². The van der Waals surface area contributed by atoms with Gasteiger partial charge < -0.3 is 20.3 Å². The Morgan fingerprint density at radius 1 is 1.10 bits per heavy atom. The summed E-state index contributed by atoms with van der Waals surface area (Å²) in [5.74, 6) is 0.642. The van der Waals surface area contributed by atoms with Gasteiger partial charge in [-0.25, -0.2) is 4.99 Å². The van der Waals surface area contributed by atoms with Crippen molar-refractivity contribution >= 4 is 17.6 Å². The quantitative estimate of drug-likeness (QED) is 0.553. The van der Waals surface area contributed by atoms with Gasteiger partial charge in [0, 0.05) is 38.4 Å². The van der Waals surface area contributed by atoms with Gasteiger partial charge >= 0.3 is 0 Å². The van der Waals surface area contributed by atoms with Crippen molar-refractivity contribution in [3.05, 3.63) is 66.2 Å². The molecule has 2 aromatic rings. The molecule has 0 spiro atoms. The van der Waals surface area contributed by atoms with E-state index in [1.165, 1.54) is 5.56 Å². The second kappa shape index (κ2) is 10.4. The van der Waals surface area contributed by atoms with E-state index < -0.39 is 0 Å². The molecular formula is C24H31N5O2. The van der Waals surface area contributed by atoms with Crippen LogP contribution in [0.3, 0.4) is 0 Å². The van der Waals surface area contributed by atoms with E-state index in [0.717, 1.165) is 51.0 Å². The number of hydrogen-bond acceptors (Lipinski definition) is 4. The number of para-hydroxylation sites is 1. The molecule has 2 aliphatic rings. The monoisotopic (exact) mass is 421 g/mol. The molecule has 7 nitrogen and oxygen atoms in total. The number of benzene rings is 2. The second-order valence-electron chi connectivity index (χ2n) is 7.92. The van der Waals surface area contributed by atoms with Gasteiger partial charge in [0.25, 0.3) is 0 Å². The average Bonchev–Trinajstić information content (AvgIpc) is 3.23. The van der Waals surface area contributed by atoms with Gasteiger partial charge in [0.2, 0.25) is 5.91 Å². The molecule has 2 unspecified atom stereocenters. The van der Waals surface area contributed by atoms with Crippen LogP contribution in [-0.4, -0.2) is 73.1 Å². The highest BCUT2D eigenvalue weighted by atomic mass is 16.5. The van der Waals surface area contributed by atoms with E-state index >= 15 is 0 Å². The van der Waals surface area contributed by atoms with Crippen LogP contribution in [-0.2, 0) is 16.1 Å². The predicted molar refractivity (Wildman–Crippen MR) is 123 cm³/mol. The van der Waals surface area contributed by atoms with Gasteiger partial charge in [0.1, 0.15) is 6.54 Å². The Kier molecular flexibility index (Phi) is 7.17. The maximum Gasteiger partial charge on any atom is 0.246 e. The van der Waals surface area contributed by atoms with Gasteiger partial charge in [-0.3, -0.25) is 9.69 Å². The topological polar surface area (TPSA) is 69.2 Å². The number of anilines is 1. The number of morpholine rings is 1. The summed E-state index contributed by atoms with van der Waals surface area (Å²) < 4.78 is 6.09. The molecule has 0 aliphatic carbocycles. The SMILES string of the molecule is CCNC(=NCC(=O)Nc1ccccc1)N1CC2OCCN(Cc3ccccc3)C2C1. The number of rotatable bonds is 6.